The molecule has 172 valence electrons. The van der Waals surface area contributed by atoms with Crippen molar-refractivity contribution in [2.45, 2.75) is 19.9 Å². The van der Waals surface area contributed by atoms with Gasteiger partial charge in [0.2, 0.25) is 5.91 Å². The Morgan fingerprint density at radius 2 is 1.73 bits per heavy atom. The zero-order valence-electron chi connectivity index (χ0n) is 18.2. The second-order valence-electron chi connectivity index (χ2n) is 7.74. The Hall–Kier alpha value is -3.46. The molecule has 0 aromatic heterocycles. The molecule has 1 aliphatic heterocycles. The molecule has 9 heteroatoms. The molecule has 2 aromatic carbocycles. The van der Waals surface area contributed by atoms with Crippen LogP contribution in [-0.2, 0) is 9.59 Å². The van der Waals surface area contributed by atoms with E-state index in [1.165, 1.54) is 24.3 Å². The lowest BCUT2D eigenvalue weighted by atomic mass is 10.0. The second-order valence-corrected chi connectivity index (χ2v) is 8.73. The summed E-state index contributed by atoms with van der Waals surface area (Å²) in [5.41, 5.74) is 1.05. The fourth-order valence-electron chi connectivity index (χ4n) is 3.16. The summed E-state index contributed by atoms with van der Waals surface area (Å²) in [6, 6.07) is 13.4. The zero-order valence-corrected chi connectivity index (χ0v) is 19.0. The molecule has 1 heterocycles. The number of hydrogen-bond acceptors (Lipinski definition) is 5. The lowest BCUT2D eigenvalue weighted by Gasteiger charge is -2.22. The van der Waals surface area contributed by atoms with E-state index in [1.807, 2.05) is 30.3 Å². The van der Waals surface area contributed by atoms with Crippen molar-refractivity contribution in [1.82, 2.24) is 15.5 Å². The van der Waals surface area contributed by atoms with Crippen LogP contribution in [0.3, 0.4) is 0 Å². The smallest absolute Gasteiger partial charge is 0.293 e. The number of nitrogens with one attached hydrogen (secondary N) is 2. The SMILES string of the molecule is CC(C)[C@H](NC(=O)c1ccc(F)cc1)C(=O)NCCN1C(=O)S/C(=C/c2ccccc2)C1=O. The van der Waals surface area contributed by atoms with Gasteiger partial charge in [0.15, 0.2) is 0 Å². The predicted octanol–water partition coefficient (Wildman–Crippen LogP) is 3.43. The quantitative estimate of drug-likeness (QED) is 0.578. The molecule has 7 nitrogen and oxygen atoms in total. The Morgan fingerprint density at radius 3 is 2.36 bits per heavy atom. The van der Waals surface area contributed by atoms with E-state index in [-0.39, 0.29) is 24.6 Å². The number of carbonyl (C=O) groups is 4. The minimum absolute atomic E-state index is 0.0132. The first kappa shape index (κ1) is 24.2. The summed E-state index contributed by atoms with van der Waals surface area (Å²) in [6.07, 6.45) is 1.66. The molecule has 0 saturated carbocycles. The summed E-state index contributed by atoms with van der Waals surface area (Å²) in [5, 5.41) is 4.92. The molecule has 0 spiro atoms. The van der Waals surface area contributed by atoms with E-state index in [1.54, 1.807) is 19.9 Å². The maximum atomic E-state index is 13.1. The van der Waals surface area contributed by atoms with Gasteiger partial charge >= 0.3 is 0 Å². The van der Waals surface area contributed by atoms with E-state index < -0.39 is 34.8 Å². The lowest BCUT2D eigenvalue weighted by molar-refractivity contribution is -0.125. The number of hydrogen-bond donors (Lipinski definition) is 2. The van der Waals surface area contributed by atoms with Crippen molar-refractivity contribution < 1.29 is 23.6 Å². The van der Waals surface area contributed by atoms with Crippen molar-refractivity contribution >= 4 is 40.8 Å². The maximum Gasteiger partial charge on any atom is 0.293 e. The number of rotatable bonds is 8. The van der Waals surface area contributed by atoms with E-state index in [0.29, 0.717) is 4.91 Å². The molecule has 0 aliphatic carbocycles. The van der Waals surface area contributed by atoms with Crippen LogP contribution in [0.4, 0.5) is 9.18 Å². The first-order valence-electron chi connectivity index (χ1n) is 10.4. The fourth-order valence-corrected chi connectivity index (χ4v) is 4.02. The first-order chi connectivity index (χ1) is 15.8. The molecule has 2 N–H and O–H groups in total. The topological polar surface area (TPSA) is 95.6 Å². The Balaban J connectivity index is 1.56. The van der Waals surface area contributed by atoms with Gasteiger partial charge in [0.25, 0.3) is 17.1 Å². The highest BCUT2D eigenvalue weighted by atomic mass is 32.2. The Labute approximate surface area is 195 Å². The van der Waals surface area contributed by atoms with E-state index >= 15 is 0 Å². The highest BCUT2D eigenvalue weighted by Crippen LogP contribution is 2.31. The van der Waals surface area contributed by atoms with E-state index in [4.69, 9.17) is 0 Å². The molecule has 0 radical (unpaired) electrons. The van der Waals surface area contributed by atoms with E-state index in [2.05, 4.69) is 10.6 Å². The first-order valence-corrected chi connectivity index (χ1v) is 11.2. The van der Waals surface area contributed by atoms with E-state index in [0.717, 1.165) is 22.2 Å². The van der Waals surface area contributed by atoms with Crippen LogP contribution >= 0.6 is 11.8 Å². The van der Waals surface area contributed by atoms with Crippen LogP contribution < -0.4 is 10.6 Å². The number of carbonyl (C=O) groups excluding carboxylic acids is 4. The third kappa shape index (κ3) is 6.29. The monoisotopic (exact) mass is 469 g/mol. The molecule has 4 amide bonds. The van der Waals surface area contributed by atoms with Crippen LogP contribution in [0.25, 0.3) is 6.08 Å². The van der Waals surface area contributed by atoms with Crippen molar-refractivity contribution in [3.8, 4) is 0 Å². The Morgan fingerprint density at radius 1 is 1.06 bits per heavy atom. The number of benzene rings is 2. The average Bonchev–Trinajstić information content (AvgIpc) is 3.05. The molecule has 1 fully saturated rings. The molecule has 33 heavy (non-hydrogen) atoms. The Bertz CT molecular complexity index is 1070. The summed E-state index contributed by atoms with van der Waals surface area (Å²) in [7, 11) is 0. The van der Waals surface area contributed by atoms with Crippen LogP contribution in [0, 0.1) is 11.7 Å². The fraction of sp³-hybridized carbons (Fsp3) is 0.250. The number of halogens is 1. The van der Waals surface area contributed by atoms with Crippen LogP contribution in [0.2, 0.25) is 0 Å². The van der Waals surface area contributed by atoms with Crippen molar-refractivity contribution in [3.05, 3.63) is 76.4 Å². The minimum atomic E-state index is -0.838. The summed E-state index contributed by atoms with van der Waals surface area (Å²) >= 11 is 0.856. The molecular formula is C24H24FN3O4S. The molecular weight excluding hydrogens is 445 g/mol. The number of thioether (sulfide) groups is 1. The summed E-state index contributed by atoms with van der Waals surface area (Å²) < 4.78 is 13.1. The third-order valence-electron chi connectivity index (χ3n) is 4.95. The van der Waals surface area contributed by atoms with Gasteiger partial charge in [-0.05, 0) is 53.6 Å². The van der Waals surface area contributed by atoms with Gasteiger partial charge in [0, 0.05) is 18.7 Å². The number of amides is 4. The highest BCUT2D eigenvalue weighted by molar-refractivity contribution is 8.18. The maximum absolute atomic E-state index is 13.1. The standard InChI is InChI=1S/C24H24FN3O4S/c1-15(2)20(27-21(29)17-8-10-18(25)11-9-17)22(30)26-12-13-28-23(31)19(33-24(28)32)14-16-6-4-3-5-7-16/h3-11,14-15,20H,12-13H2,1-2H3,(H,26,30)(H,27,29)/b19-14+/t20-/m0/s1. The average molecular weight is 470 g/mol. The second kappa shape index (κ2) is 10.9. The van der Waals surface area contributed by atoms with Crippen molar-refractivity contribution in [2.75, 3.05) is 13.1 Å². The molecule has 0 bridgehead atoms. The Kier molecular flexibility index (Phi) is 8.00. The van der Waals surface area contributed by atoms with Gasteiger partial charge in [-0.15, -0.1) is 0 Å². The summed E-state index contributed by atoms with van der Waals surface area (Å²) in [6.45, 7) is 3.62. The summed E-state index contributed by atoms with van der Waals surface area (Å²) in [5.74, 6) is -2.03. The minimum Gasteiger partial charge on any atom is -0.353 e. The molecule has 0 unspecified atom stereocenters. The van der Waals surface area contributed by atoms with Crippen molar-refractivity contribution in [3.63, 3.8) is 0 Å². The predicted molar refractivity (Wildman–Crippen MR) is 125 cm³/mol. The van der Waals surface area contributed by atoms with Crippen LogP contribution in [0.1, 0.15) is 29.8 Å². The largest absolute Gasteiger partial charge is 0.353 e. The van der Waals surface area contributed by atoms with E-state index in [9.17, 15) is 23.6 Å². The van der Waals surface area contributed by atoms with Gasteiger partial charge in [-0.25, -0.2) is 4.39 Å². The van der Waals surface area contributed by atoms with Gasteiger partial charge in [0.1, 0.15) is 11.9 Å². The highest BCUT2D eigenvalue weighted by Gasteiger charge is 2.35. The molecule has 1 aliphatic rings. The lowest BCUT2D eigenvalue weighted by Crippen LogP contribution is -2.51. The van der Waals surface area contributed by atoms with Crippen molar-refractivity contribution in [2.24, 2.45) is 5.92 Å². The molecule has 3 rings (SSSR count). The van der Waals surface area contributed by atoms with Gasteiger partial charge in [-0.3, -0.25) is 24.1 Å². The van der Waals surface area contributed by atoms with Crippen LogP contribution in [0.15, 0.2) is 59.5 Å². The number of imide groups is 1. The number of nitrogens with zero attached hydrogens (tertiary/aromatic N) is 1. The van der Waals surface area contributed by atoms with Gasteiger partial charge < -0.3 is 10.6 Å². The third-order valence-corrected chi connectivity index (χ3v) is 5.86. The summed E-state index contributed by atoms with van der Waals surface area (Å²) in [4.78, 5) is 51.3. The van der Waals surface area contributed by atoms with Crippen LogP contribution in [-0.4, -0.2) is 47.0 Å². The van der Waals surface area contributed by atoms with Gasteiger partial charge in [-0.1, -0.05) is 44.2 Å². The molecule has 1 atom stereocenters. The molecule has 2 aromatic rings. The zero-order chi connectivity index (χ0) is 24.0. The van der Waals surface area contributed by atoms with Gasteiger partial charge in [-0.2, -0.15) is 0 Å². The van der Waals surface area contributed by atoms with Crippen molar-refractivity contribution in [1.29, 1.82) is 0 Å². The van der Waals surface area contributed by atoms with Crippen LogP contribution in [0.5, 0.6) is 0 Å². The molecule has 1 saturated heterocycles. The van der Waals surface area contributed by atoms with Gasteiger partial charge in [0.05, 0.1) is 4.91 Å². The normalized spacial score (nSPS) is 15.8.